The molecule has 2 amide bonds. The highest BCUT2D eigenvalue weighted by Crippen LogP contribution is 2.31. The van der Waals surface area contributed by atoms with Gasteiger partial charge in [0.15, 0.2) is 0 Å². The summed E-state index contributed by atoms with van der Waals surface area (Å²) in [7, 11) is -3.34. The number of anilines is 1. The standard InChI is InChI=1S/C14H17N3O4S/c1-22(20,21)16-7-3-4-9(8-16)17-13(18)10-5-2-6-11(15)12(10)14(17)19/h2,5-6,9H,3-4,7-8,15H2,1H3/t9-/m0/s1. The van der Waals surface area contributed by atoms with E-state index in [4.69, 9.17) is 5.73 Å². The van der Waals surface area contributed by atoms with Crippen molar-refractivity contribution in [3.63, 3.8) is 0 Å². The molecule has 118 valence electrons. The molecule has 0 radical (unpaired) electrons. The molecule has 0 bridgehead atoms. The van der Waals surface area contributed by atoms with Crippen molar-refractivity contribution in [3.05, 3.63) is 29.3 Å². The van der Waals surface area contributed by atoms with E-state index in [9.17, 15) is 18.0 Å². The summed E-state index contributed by atoms with van der Waals surface area (Å²) in [5, 5.41) is 0. The van der Waals surface area contributed by atoms with Crippen LogP contribution in [0.4, 0.5) is 5.69 Å². The summed E-state index contributed by atoms with van der Waals surface area (Å²) in [6, 6.07) is 4.34. The van der Waals surface area contributed by atoms with Gasteiger partial charge in [0, 0.05) is 18.8 Å². The lowest BCUT2D eigenvalue weighted by molar-refractivity contribution is 0.0530. The van der Waals surface area contributed by atoms with Gasteiger partial charge in [0.25, 0.3) is 11.8 Å². The summed E-state index contributed by atoms with van der Waals surface area (Å²) in [5.74, 6) is -0.828. The van der Waals surface area contributed by atoms with Crippen LogP contribution in [0.1, 0.15) is 33.6 Å². The van der Waals surface area contributed by atoms with Crippen molar-refractivity contribution in [3.8, 4) is 0 Å². The predicted octanol–water partition coefficient (Wildman–Crippen LogP) is 0.289. The Morgan fingerprint density at radius 2 is 1.95 bits per heavy atom. The van der Waals surface area contributed by atoms with E-state index in [-0.39, 0.29) is 17.8 Å². The van der Waals surface area contributed by atoms with Gasteiger partial charge in [-0.15, -0.1) is 0 Å². The molecule has 1 aromatic rings. The molecule has 2 heterocycles. The number of sulfonamides is 1. The Hall–Kier alpha value is -1.93. The fourth-order valence-corrected chi connectivity index (χ4v) is 4.00. The fraction of sp³-hybridized carbons (Fsp3) is 0.429. The van der Waals surface area contributed by atoms with E-state index in [0.29, 0.717) is 24.9 Å². The van der Waals surface area contributed by atoms with Crippen LogP contribution in [0.15, 0.2) is 18.2 Å². The Kier molecular flexibility index (Phi) is 3.45. The zero-order valence-corrected chi connectivity index (χ0v) is 13.0. The molecule has 0 saturated carbocycles. The van der Waals surface area contributed by atoms with Gasteiger partial charge in [-0.05, 0) is 25.0 Å². The number of carbonyl (C=O) groups is 2. The zero-order valence-electron chi connectivity index (χ0n) is 12.2. The number of piperidine rings is 1. The number of imide groups is 1. The third-order valence-electron chi connectivity index (χ3n) is 4.17. The van der Waals surface area contributed by atoms with E-state index in [0.717, 1.165) is 6.26 Å². The average Bonchev–Trinajstić information content (AvgIpc) is 2.71. The molecule has 1 saturated heterocycles. The van der Waals surface area contributed by atoms with Gasteiger partial charge in [0.2, 0.25) is 10.0 Å². The molecular formula is C14H17N3O4S. The topological polar surface area (TPSA) is 101 Å². The normalized spacial score (nSPS) is 23.0. The summed E-state index contributed by atoms with van der Waals surface area (Å²) in [6.45, 7) is 0.560. The number of fused-ring (bicyclic) bond motifs is 1. The molecule has 2 N–H and O–H groups in total. The minimum Gasteiger partial charge on any atom is -0.398 e. The number of amides is 2. The van der Waals surface area contributed by atoms with Crippen LogP contribution in [0.5, 0.6) is 0 Å². The molecule has 0 spiro atoms. The number of hydrogen-bond acceptors (Lipinski definition) is 5. The fourth-order valence-electron chi connectivity index (χ4n) is 3.09. The molecule has 3 rings (SSSR count). The third kappa shape index (κ3) is 2.28. The first-order valence-corrected chi connectivity index (χ1v) is 8.87. The second-order valence-electron chi connectivity index (χ2n) is 5.67. The highest BCUT2D eigenvalue weighted by Gasteiger charge is 2.43. The molecule has 0 unspecified atom stereocenters. The van der Waals surface area contributed by atoms with E-state index >= 15 is 0 Å². The molecule has 7 nitrogen and oxygen atoms in total. The van der Waals surface area contributed by atoms with Crippen molar-refractivity contribution in [2.24, 2.45) is 0 Å². The van der Waals surface area contributed by atoms with Gasteiger partial charge in [-0.1, -0.05) is 6.07 Å². The summed E-state index contributed by atoms with van der Waals surface area (Å²) in [6.07, 6.45) is 2.34. The first-order valence-electron chi connectivity index (χ1n) is 7.02. The van der Waals surface area contributed by atoms with Crippen molar-refractivity contribution >= 4 is 27.5 Å². The van der Waals surface area contributed by atoms with Crippen molar-refractivity contribution in [2.75, 3.05) is 25.1 Å². The van der Waals surface area contributed by atoms with Gasteiger partial charge in [-0.2, -0.15) is 0 Å². The smallest absolute Gasteiger partial charge is 0.263 e. The minimum absolute atomic E-state index is 0.143. The van der Waals surface area contributed by atoms with Gasteiger partial charge in [-0.3, -0.25) is 14.5 Å². The van der Waals surface area contributed by atoms with Crippen LogP contribution < -0.4 is 5.73 Å². The molecule has 1 fully saturated rings. The first-order chi connectivity index (χ1) is 10.3. The van der Waals surface area contributed by atoms with Crippen LogP contribution in [0.25, 0.3) is 0 Å². The van der Waals surface area contributed by atoms with Crippen LogP contribution in [0, 0.1) is 0 Å². The molecular weight excluding hydrogens is 306 g/mol. The van der Waals surface area contributed by atoms with Crippen molar-refractivity contribution in [1.29, 1.82) is 0 Å². The summed E-state index contributed by atoms with van der Waals surface area (Å²) >= 11 is 0. The summed E-state index contributed by atoms with van der Waals surface area (Å²) in [4.78, 5) is 26.2. The predicted molar refractivity (Wildman–Crippen MR) is 80.8 cm³/mol. The Bertz CT molecular complexity index is 759. The number of hydrogen-bond donors (Lipinski definition) is 1. The number of rotatable bonds is 2. The number of nitrogen functional groups attached to an aromatic ring is 1. The van der Waals surface area contributed by atoms with Crippen molar-refractivity contribution in [2.45, 2.75) is 18.9 Å². The lowest BCUT2D eigenvalue weighted by atomic mass is 10.1. The molecule has 0 aromatic heterocycles. The first kappa shape index (κ1) is 15.0. The Morgan fingerprint density at radius 3 is 2.59 bits per heavy atom. The van der Waals surface area contributed by atoms with Gasteiger partial charge in [-0.25, -0.2) is 12.7 Å². The molecule has 2 aliphatic heterocycles. The second kappa shape index (κ2) is 5.06. The third-order valence-corrected chi connectivity index (χ3v) is 5.44. The quantitative estimate of drug-likeness (QED) is 0.623. The maximum atomic E-state index is 12.5. The maximum Gasteiger partial charge on any atom is 0.263 e. The van der Waals surface area contributed by atoms with E-state index < -0.39 is 27.9 Å². The van der Waals surface area contributed by atoms with Crippen LogP contribution in [0.2, 0.25) is 0 Å². The molecule has 8 heteroatoms. The minimum atomic E-state index is -3.34. The van der Waals surface area contributed by atoms with E-state index in [2.05, 4.69) is 0 Å². The number of benzene rings is 1. The van der Waals surface area contributed by atoms with Crippen LogP contribution in [-0.4, -0.2) is 54.8 Å². The van der Waals surface area contributed by atoms with E-state index in [1.807, 2.05) is 0 Å². The lowest BCUT2D eigenvalue weighted by Gasteiger charge is -2.35. The zero-order chi connectivity index (χ0) is 16.1. The molecule has 1 aromatic carbocycles. The Labute approximate surface area is 128 Å². The van der Waals surface area contributed by atoms with Crippen LogP contribution in [0.3, 0.4) is 0 Å². The van der Waals surface area contributed by atoms with E-state index in [1.165, 1.54) is 9.21 Å². The summed E-state index contributed by atoms with van der Waals surface area (Å²) < 4.78 is 24.7. The largest absolute Gasteiger partial charge is 0.398 e. The maximum absolute atomic E-state index is 12.5. The Balaban J connectivity index is 1.92. The van der Waals surface area contributed by atoms with E-state index in [1.54, 1.807) is 18.2 Å². The summed E-state index contributed by atoms with van der Waals surface area (Å²) in [5.41, 5.74) is 6.60. The SMILES string of the molecule is CS(=O)(=O)N1CCC[C@H](N2C(=O)c3cccc(N)c3C2=O)C1. The molecule has 22 heavy (non-hydrogen) atoms. The lowest BCUT2D eigenvalue weighted by Crippen LogP contribution is -2.51. The van der Waals surface area contributed by atoms with Gasteiger partial charge >= 0.3 is 0 Å². The van der Waals surface area contributed by atoms with Gasteiger partial charge < -0.3 is 5.73 Å². The van der Waals surface area contributed by atoms with Crippen molar-refractivity contribution in [1.82, 2.24) is 9.21 Å². The monoisotopic (exact) mass is 323 g/mol. The van der Waals surface area contributed by atoms with Crippen LogP contribution >= 0.6 is 0 Å². The molecule has 1 atom stereocenters. The van der Waals surface area contributed by atoms with Crippen LogP contribution in [-0.2, 0) is 10.0 Å². The second-order valence-corrected chi connectivity index (χ2v) is 7.65. The number of carbonyl (C=O) groups excluding carboxylic acids is 2. The van der Waals surface area contributed by atoms with Gasteiger partial charge in [0.1, 0.15) is 0 Å². The number of nitrogens with two attached hydrogens (primary N) is 1. The highest BCUT2D eigenvalue weighted by atomic mass is 32.2. The highest BCUT2D eigenvalue weighted by molar-refractivity contribution is 7.88. The van der Waals surface area contributed by atoms with Gasteiger partial charge in [0.05, 0.1) is 23.4 Å². The number of nitrogens with zero attached hydrogens (tertiary/aromatic N) is 2. The molecule has 0 aliphatic carbocycles. The average molecular weight is 323 g/mol. The molecule has 2 aliphatic rings. The Morgan fingerprint density at radius 1 is 1.23 bits per heavy atom. The van der Waals surface area contributed by atoms with Crippen molar-refractivity contribution < 1.29 is 18.0 Å².